The van der Waals surface area contributed by atoms with Crippen molar-refractivity contribution in [2.24, 2.45) is 0 Å². The molecule has 0 aliphatic heterocycles. The molecule has 0 aromatic heterocycles. The van der Waals surface area contributed by atoms with Crippen molar-refractivity contribution in [3.05, 3.63) is 113 Å². The summed E-state index contributed by atoms with van der Waals surface area (Å²) in [5.41, 5.74) is 1.98. The molecular weight excluding hydrogens is 472 g/mol. The minimum absolute atomic E-state index is 0.116. The Morgan fingerprint density at radius 2 is 1.41 bits per heavy atom. The lowest BCUT2D eigenvalue weighted by Gasteiger charge is -2.11. The normalized spacial score (nSPS) is 11.0. The third-order valence-electron chi connectivity index (χ3n) is 4.89. The summed E-state index contributed by atoms with van der Waals surface area (Å²) in [5.74, 6) is 0.922. The van der Waals surface area contributed by atoms with Gasteiger partial charge < -0.3 is 10.1 Å². The summed E-state index contributed by atoms with van der Waals surface area (Å²) in [7, 11) is -3.78. The van der Waals surface area contributed by atoms with Gasteiger partial charge in [0, 0.05) is 5.69 Å². The fourth-order valence-corrected chi connectivity index (χ4v) is 4.44. The van der Waals surface area contributed by atoms with Crippen LogP contribution in [0.25, 0.3) is 0 Å². The first-order chi connectivity index (χ1) is 16.3. The van der Waals surface area contributed by atoms with Gasteiger partial charge in [0.05, 0.1) is 21.2 Å². The first-order valence-corrected chi connectivity index (χ1v) is 12.2. The molecule has 8 heteroatoms. The fourth-order valence-electron chi connectivity index (χ4n) is 3.12. The molecule has 172 valence electrons. The highest BCUT2D eigenvalue weighted by molar-refractivity contribution is 7.92. The lowest BCUT2D eigenvalue weighted by molar-refractivity contribution is 0.102. The number of amides is 1. The zero-order valence-corrected chi connectivity index (χ0v) is 19.7. The second-order valence-corrected chi connectivity index (χ2v) is 9.60. The number of hydrogen-bond donors (Lipinski definition) is 2. The Hall–Kier alpha value is -3.81. The van der Waals surface area contributed by atoms with Crippen LogP contribution in [0.1, 0.15) is 15.9 Å². The van der Waals surface area contributed by atoms with Crippen LogP contribution in [0.2, 0.25) is 5.02 Å². The zero-order valence-electron chi connectivity index (χ0n) is 18.2. The van der Waals surface area contributed by atoms with Gasteiger partial charge in [-0.2, -0.15) is 0 Å². The van der Waals surface area contributed by atoms with Crippen molar-refractivity contribution in [3.63, 3.8) is 0 Å². The molecule has 0 spiro atoms. The highest BCUT2D eigenvalue weighted by Crippen LogP contribution is 2.26. The molecule has 0 aliphatic carbocycles. The smallest absolute Gasteiger partial charge is 0.261 e. The van der Waals surface area contributed by atoms with Crippen molar-refractivity contribution in [2.45, 2.75) is 11.8 Å². The average Bonchev–Trinajstić information content (AvgIpc) is 2.81. The van der Waals surface area contributed by atoms with E-state index in [0.29, 0.717) is 17.2 Å². The molecule has 0 aliphatic rings. The van der Waals surface area contributed by atoms with Gasteiger partial charge in [0.15, 0.2) is 0 Å². The molecule has 0 heterocycles. The van der Waals surface area contributed by atoms with Crippen LogP contribution in [0.15, 0.2) is 102 Å². The highest BCUT2D eigenvalue weighted by atomic mass is 35.5. The van der Waals surface area contributed by atoms with Crippen LogP contribution in [0.5, 0.6) is 11.5 Å². The van der Waals surface area contributed by atoms with Gasteiger partial charge in [0.2, 0.25) is 0 Å². The van der Waals surface area contributed by atoms with Gasteiger partial charge in [-0.15, -0.1) is 0 Å². The van der Waals surface area contributed by atoms with Gasteiger partial charge in [-0.25, -0.2) is 8.42 Å². The van der Waals surface area contributed by atoms with Crippen LogP contribution in [-0.4, -0.2) is 14.3 Å². The Kier molecular flexibility index (Phi) is 6.86. The van der Waals surface area contributed by atoms with Crippen molar-refractivity contribution in [1.29, 1.82) is 0 Å². The fraction of sp³-hybridized carbons (Fsp3) is 0.0385. The van der Waals surface area contributed by atoms with Crippen molar-refractivity contribution in [2.75, 3.05) is 10.0 Å². The number of carbonyl (C=O) groups excluding carboxylic acids is 1. The van der Waals surface area contributed by atoms with E-state index in [0.717, 1.165) is 5.56 Å². The first-order valence-electron chi connectivity index (χ1n) is 10.3. The number of halogens is 1. The molecule has 0 saturated heterocycles. The molecule has 0 saturated carbocycles. The molecule has 1 amide bonds. The number of hydrogen-bond acceptors (Lipinski definition) is 4. The molecule has 2 N–H and O–H groups in total. The number of benzene rings is 4. The molecule has 0 atom stereocenters. The summed E-state index contributed by atoms with van der Waals surface area (Å²) in [6.07, 6.45) is 0. The molecule has 4 aromatic carbocycles. The van der Waals surface area contributed by atoms with Crippen LogP contribution < -0.4 is 14.8 Å². The standard InChI is InChI=1S/C26H21ClN2O4S/c1-18-7-14-23(15-8-18)34(31,32)29-20-11-16-24(25(27)17-20)26(30)28-19-9-12-22(13-10-19)33-21-5-3-2-4-6-21/h2-17,29H,1H3,(H,28,30). The number of para-hydroxylation sites is 1. The second kappa shape index (κ2) is 9.99. The highest BCUT2D eigenvalue weighted by Gasteiger charge is 2.16. The van der Waals surface area contributed by atoms with E-state index in [1.54, 1.807) is 36.4 Å². The molecule has 0 fully saturated rings. The summed E-state index contributed by atoms with van der Waals surface area (Å²) in [4.78, 5) is 12.8. The van der Waals surface area contributed by atoms with Gasteiger partial charge in [0.25, 0.3) is 15.9 Å². The summed E-state index contributed by atoms with van der Waals surface area (Å²) < 4.78 is 33.4. The van der Waals surface area contributed by atoms with Crippen molar-refractivity contribution in [3.8, 4) is 11.5 Å². The van der Waals surface area contributed by atoms with Gasteiger partial charge in [0.1, 0.15) is 11.5 Å². The maximum absolute atomic E-state index is 12.7. The molecule has 0 radical (unpaired) electrons. The monoisotopic (exact) mass is 492 g/mol. The quantitative estimate of drug-likeness (QED) is 0.308. The van der Waals surface area contributed by atoms with E-state index in [-0.39, 0.29) is 21.2 Å². The van der Waals surface area contributed by atoms with Crippen LogP contribution >= 0.6 is 11.6 Å². The van der Waals surface area contributed by atoms with E-state index in [1.807, 2.05) is 37.3 Å². The lowest BCUT2D eigenvalue weighted by atomic mass is 10.2. The number of ether oxygens (including phenoxy) is 1. The first kappa shape index (κ1) is 23.4. The zero-order chi connectivity index (χ0) is 24.1. The van der Waals surface area contributed by atoms with E-state index in [9.17, 15) is 13.2 Å². The molecule has 34 heavy (non-hydrogen) atoms. The van der Waals surface area contributed by atoms with Crippen molar-refractivity contribution < 1.29 is 17.9 Å². The Morgan fingerprint density at radius 1 is 0.794 bits per heavy atom. The van der Waals surface area contributed by atoms with Gasteiger partial charge >= 0.3 is 0 Å². The van der Waals surface area contributed by atoms with Crippen LogP contribution in [0, 0.1) is 6.92 Å². The number of sulfonamides is 1. The van der Waals surface area contributed by atoms with E-state index in [1.165, 1.54) is 30.3 Å². The minimum atomic E-state index is -3.78. The topological polar surface area (TPSA) is 84.5 Å². The summed E-state index contributed by atoms with van der Waals surface area (Å²) >= 11 is 6.29. The van der Waals surface area contributed by atoms with Crippen LogP contribution in [0.3, 0.4) is 0 Å². The van der Waals surface area contributed by atoms with Crippen molar-refractivity contribution >= 4 is 38.9 Å². The molecule has 6 nitrogen and oxygen atoms in total. The number of nitrogens with one attached hydrogen (secondary N) is 2. The summed E-state index contributed by atoms with van der Waals surface area (Å²) in [6, 6.07) is 27.1. The number of anilines is 2. The number of carbonyl (C=O) groups is 1. The Bertz CT molecular complexity index is 1410. The lowest BCUT2D eigenvalue weighted by Crippen LogP contribution is -2.15. The Labute approximate surface area is 203 Å². The van der Waals surface area contributed by atoms with E-state index in [4.69, 9.17) is 16.3 Å². The average molecular weight is 493 g/mol. The largest absolute Gasteiger partial charge is 0.457 e. The van der Waals surface area contributed by atoms with Gasteiger partial charge in [-0.1, -0.05) is 47.5 Å². The van der Waals surface area contributed by atoms with Crippen molar-refractivity contribution in [1.82, 2.24) is 0 Å². The summed E-state index contributed by atoms with van der Waals surface area (Å²) in [5, 5.41) is 2.89. The molecular formula is C26H21ClN2O4S. The number of aryl methyl sites for hydroxylation is 1. The molecule has 4 rings (SSSR count). The molecule has 0 unspecified atom stereocenters. The summed E-state index contributed by atoms with van der Waals surface area (Å²) in [6.45, 7) is 1.88. The predicted molar refractivity (Wildman–Crippen MR) is 134 cm³/mol. The van der Waals surface area contributed by atoms with Gasteiger partial charge in [-0.3, -0.25) is 9.52 Å². The maximum Gasteiger partial charge on any atom is 0.261 e. The van der Waals surface area contributed by atoms with E-state index < -0.39 is 15.9 Å². The molecule has 0 bridgehead atoms. The van der Waals surface area contributed by atoms with Gasteiger partial charge in [-0.05, 0) is 73.7 Å². The van der Waals surface area contributed by atoms with Crippen LogP contribution in [0.4, 0.5) is 11.4 Å². The predicted octanol–water partition coefficient (Wildman–Crippen LogP) is 6.49. The second-order valence-electron chi connectivity index (χ2n) is 7.51. The van der Waals surface area contributed by atoms with E-state index >= 15 is 0 Å². The third-order valence-corrected chi connectivity index (χ3v) is 6.60. The Balaban J connectivity index is 1.42. The minimum Gasteiger partial charge on any atom is -0.457 e. The molecule has 4 aromatic rings. The third kappa shape index (κ3) is 5.75. The number of rotatable bonds is 7. The maximum atomic E-state index is 12.7. The van der Waals surface area contributed by atoms with E-state index in [2.05, 4.69) is 10.0 Å². The SMILES string of the molecule is Cc1ccc(S(=O)(=O)Nc2ccc(C(=O)Nc3ccc(Oc4ccccc4)cc3)c(Cl)c2)cc1. The van der Waals surface area contributed by atoms with Crippen LogP contribution in [-0.2, 0) is 10.0 Å². The Morgan fingerprint density at radius 3 is 2.06 bits per heavy atom.